The summed E-state index contributed by atoms with van der Waals surface area (Å²) in [6, 6.07) is 7.27. The van der Waals surface area contributed by atoms with Crippen molar-refractivity contribution < 1.29 is 19.3 Å². The van der Waals surface area contributed by atoms with Crippen LogP contribution < -0.4 is 0 Å². The summed E-state index contributed by atoms with van der Waals surface area (Å²) in [5.41, 5.74) is 1.26. The molecule has 0 unspecified atom stereocenters. The molecule has 0 aromatic heterocycles. The average molecular weight is 228 g/mol. The van der Waals surface area contributed by atoms with Crippen LogP contribution in [0.1, 0.15) is 12.5 Å². The van der Waals surface area contributed by atoms with Crippen LogP contribution in [0.4, 0.5) is 0 Å². The smallest absolute Gasteiger partial charge is 0.149 e. The molecule has 0 aliphatic carbocycles. The van der Waals surface area contributed by atoms with Crippen LogP contribution in [0.15, 0.2) is 24.3 Å². The predicted molar refractivity (Wildman–Crippen MR) is 62.3 cm³/mol. The number of hydrogen-bond donors (Lipinski definition) is 1. The standard InChI is InChI=1S/C8H10O.C4H10O3/c1-2-7-3-5-8(9)6-4-7;1-5-3-7-4-6-2/h3-6,9H,2H2,1H3;3-4H2,1-2H3. The molecule has 92 valence electrons. The Morgan fingerprint density at radius 1 is 1.00 bits per heavy atom. The highest BCUT2D eigenvalue weighted by atomic mass is 16.7. The van der Waals surface area contributed by atoms with Gasteiger partial charge in [-0.1, -0.05) is 19.1 Å². The molecule has 0 bridgehead atoms. The molecule has 0 saturated heterocycles. The maximum absolute atomic E-state index is 8.85. The second-order valence-corrected chi connectivity index (χ2v) is 3.04. The number of aromatic hydroxyl groups is 1. The number of phenols is 1. The minimum Gasteiger partial charge on any atom is -0.508 e. The first kappa shape index (κ1) is 14.9. The Bertz CT molecular complexity index is 242. The number of hydrogen-bond acceptors (Lipinski definition) is 4. The fraction of sp³-hybridized carbons (Fsp3) is 0.500. The Morgan fingerprint density at radius 3 is 1.88 bits per heavy atom. The summed E-state index contributed by atoms with van der Waals surface area (Å²) >= 11 is 0. The van der Waals surface area contributed by atoms with Crippen LogP contribution in [-0.2, 0) is 20.6 Å². The van der Waals surface area contributed by atoms with E-state index < -0.39 is 0 Å². The van der Waals surface area contributed by atoms with Gasteiger partial charge in [-0.2, -0.15) is 0 Å². The van der Waals surface area contributed by atoms with Crippen molar-refractivity contribution in [2.75, 3.05) is 27.8 Å². The van der Waals surface area contributed by atoms with Crippen molar-refractivity contribution in [3.63, 3.8) is 0 Å². The summed E-state index contributed by atoms with van der Waals surface area (Å²) in [6.45, 7) is 2.69. The topological polar surface area (TPSA) is 47.9 Å². The molecule has 0 aliphatic heterocycles. The molecule has 1 aromatic rings. The lowest BCUT2D eigenvalue weighted by Crippen LogP contribution is -1.98. The number of ether oxygens (including phenoxy) is 3. The molecule has 0 saturated carbocycles. The van der Waals surface area contributed by atoms with Crippen molar-refractivity contribution in [2.45, 2.75) is 13.3 Å². The number of methoxy groups -OCH3 is 2. The molecule has 0 heterocycles. The molecule has 4 nitrogen and oxygen atoms in total. The van der Waals surface area contributed by atoms with Crippen LogP contribution in [0.3, 0.4) is 0 Å². The van der Waals surface area contributed by atoms with Gasteiger partial charge in [-0.25, -0.2) is 0 Å². The largest absolute Gasteiger partial charge is 0.508 e. The average Bonchev–Trinajstić information content (AvgIpc) is 2.32. The summed E-state index contributed by atoms with van der Waals surface area (Å²) in [5.74, 6) is 0.340. The van der Waals surface area contributed by atoms with E-state index >= 15 is 0 Å². The van der Waals surface area contributed by atoms with Gasteiger partial charge in [0.1, 0.15) is 19.3 Å². The Labute approximate surface area is 96.8 Å². The van der Waals surface area contributed by atoms with E-state index in [-0.39, 0.29) is 0 Å². The minimum atomic E-state index is 0.299. The lowest BCUT2D eigenvalue weighted by Gasteiger charge is -1.97. The highest BCUT2D eigenvalue weighted by molar-refractivity contribution is 5.25. The molecular formula is C12H20O4. The van der Waals surface area contributed by atoms with Gasteiger partial charge in [0.2, 0.25) is 0 Å². The zero-order valence-corrected chi connectivity index (χ0v) is 10.1. The van der Waals surface area contributed by atoms with Crippen molar-refractivity contribution >= 4 is 0 Å². The Balaban J connectivity index is 0.000000293. The molecule has 0 radical (unpaired) electrons. The van der Waals surface area contributed by atoms with E-state index in [1.54, 1.807) is 26.4 Å². The van der Waals surface area contributed by atoms with Gasteiger partial charge >= 0.3 is 0 Å². The van der Waals surface area contributed by atoms with Crippen molar-refractivity contribution in [3.8, 4) is 5.75 Å². The first-order valence-corrected chi connectivity index (χ1v) is 5.08. The fourth-order valence-electron chi connectivity index (χ4n) is 0.932. The van der Waals surface area contributed by atoms with Crippen LogP contribution >= 0.6 is 0 Å². The van der Waals surface area contributed by atoms with Crippen LogP contribution in [0, 0.1) is 0 Å². The van der Waals surface area contributed by atoms with Gasteiger partial charge in [-0.05, 0) is 24.1 Å². The van der Waals surface area contributed by atoms with Gasteiger partial charge in [0.05, 0.1) is 0 Å². The third kappa shape index (κ3) is 8.23. The lowest BCUT2D eigenvalue weighted by molar-refractivity contribution is -0.107. The van der Waals surface area contributed by atoms with Crippen LogP contribution in [0.25, 0.3) is 0 Å². The number of aryl methyl sites for hydroxylation is 1. The van der Waals surface area contributed by atoms with Gasteiger partial charge in [0.25, 0.3) is 0 Å². The van der Waals surface area contributed by atoms with E-state index in [0.717, 1.165) is 6.42 Å². The van der Waals surface area contributed by atoms with Crippen molar-refractivity contribution in [1.29, 1.82) is 0 Å². The molecule has 0 spiro atoms. The summed E-state index contributed by atoms with van der Waals surface area (Å²) in [4.78, 5) is 0. The number of rotatable bonds is 5. The maximum atomic E-state index is 8.85. The van der Waals surface area contributed by atoms with Crippen molar-refractivity contribution in [3.05, 3.63) is 29.8 Å². The summed E-state index contributed by atoms with van der Waals surface area (Å²) in [6.07, 6.45) is 1.03. The van der Waals surface area contributed by atoms with E-state index in [1.165, 1.54) is 5.56 Å². The first-order valence-electron chi connectivity index (χ1n) is 5.08. The molecule has 1 N–H and O–H groups in total. The molecule has 0 amide bonds. The van der Waals surface area contributed by atoms with Gasteiger partial charge in [-0.15, -0.1) is 0 Å². The number of benzene rings is 1. The van der Waals surface area contributed by atoms with Gasteiger partial charge in [0, 0.05) is 14.2 Å². The van der Waals surface area contributed by atoms with Gasteiger partial charge in [-0.3, -0.25) is 0 Å². The Kier molecular flexibility index (Phi) is 9.70. The fourth-order valence-corrected chi connectivity index (χ4v) is 0.932. The maximum Gasteiger partial charge on any atom is 0.149 e. The zero-order valence-electron chi connectivity index (χ0n) is 10.1. The van der Waals surface area contributed by atoms with Crippen LogP contribution in [0.5, 0.6) is 5.75 Å². The van der Waals surface area contributed by atoms with E-state index in [1.807, 2.05) is 12.1 Å². The van der Waals surface area contributed by atoms with E-state index in [2.05, 4.69) is 21.1 Å². The molecule has 16 heavy (non-hydrogen) atoms. The first-order chi connectivity index (χ1) is 7.74. The molecule has 4 heteroatoms. The summed E-state index contributed by atoms with van der Waals surface area (Å²) < 4.78 is 13.8. The predicted octanol–water partition coefficient (Wildman–Crippen LogP) is 2.17. The van der Waals surface area contributed by atoms with E-state index in [9.17, 15) is 0 Å². The lowest BCUT2D eigenvalue weighted by atomic mass is 10.2. The summed E-state index contributed by atoms with van der Waals surface area (Å²) in [5, 5.41) is 8.85. The third-order valence-electron chi connectivity index (χ3n) is 1.75. The molecule has 1 aromatic carbocycles. The SMILES string of the molecule is CCc1ccc(O)cc1.COCOCOC. The quantitative estimate of drug-likeness (QED) is 0.619. The molecular weight excluding hydrogens is 208 g/mol. The summed E-state index contributed by atoms with van der Waals surface area (Å²) in [7, 11) is 3.13. The molecule has 0 fully saturated rings. The van der Waals surface area contributed by atoms with Crippen LogP contribution in [0.2, 0.25) is 0 Å². The normalized spacial score (nSPS) is 9.44. The number of phenolic OH excluding ortho intramolecular Hbond substituents is 1. The van der Waals surface area contributed by atoms with Crippen molar-refractivity contribution in [2.24, 2.45) is 0 Å². The highest BCUT2D eigenvalue weighted by Gasteiger charge is 1.86. The Morgan fingerprint density at radius 2 is 1.50 bits per heavy atom. The van der Waals surface area contributed by atoms with Crippen LogP contribution in [-0.4, -0.2) is 32.9 Å². The highest BCUT2D eigenvalue weighted by Crippen LogP contribution is 2.09. The minimum absolute atomic E-state index is 0.299. The zero-order chi connectivity index (χ0) is 12.2. The molecule has 0 aliphatic rings. The second-order valence-electron chi connectivity index (χ2n) is 3.04. The third-order valence-corrected chi connectivity index (χ3v) is 1.75. The molecule has 1 rings (SSSR count). The monoisotopic (exact) mass is 228 g/mol. The Hall–Kier alpha value is -1.10. The van der Waals surface area contributed by atoms with E-state index in [4.69, 9.17) is 5.11 Å². The van der Waals surface area contributed by atoms with E-state index in [0.29, 0.717) is 19.3 Å². The molecule has 0 atom stereocenters. The second kappa shape index (κ2) is 10.4. The van der Waals surface area contributed by atoms with Crippen molar-refractivity contribution in [1.82, 2.24) is 0 Å². The van der Waals surface area contributed by atoms with Gasteiger partial charge in [0.15, 0.2) is 0 Å². The van der Waals surface area contributed by atoms with Gasteiger partial charge < -0.3 is 19.3 Å².